The predicted molar refractivity (Wildman–Crippen MR) is 95.5 cm³/mol. The Morgan fingerprint density at radius 1 is 1.04 bits per heavy atom. The van der Waals surface area contributed by atoms with Crippen LogP contribution in [-0.2, 0) is 9.59 Å². The lowest BCUT2D eigenvalue weighted by Gasteiger charge is -2.11. The lowest BCUT2D eigenvalue weighted by Crippen LogP contribution is -2.18. The summed E-state index contributed by atoms with van der Waals surface area (Å²) in [6.07, 6.45) is 1.04. The number of carboxylic acids is 1. The number of amides is 1. The van der Waals surface area contributed by atoms with Gasteiger partial charge in [-0.1, -0.05) is 12.1 Å². The molecule has 1 aliphatic carbocycles. The lowest BCUT2D eigenvalue weighted by atomic mass is 10.0. The molecule has 0 atom stereocenters. The minimum atomic E-state index is -1.19. The Labute approximate surface area is 154 Å². The first-order valence-electron chi connectivity index (χ1n) is 8.31. The second-order valence-electron chi connectivity index (χ2n) is 6.12. The van der Waals surface area contributed by atoms with Crippen molar-refractivity contribution in [1.82, 2.24) is 0 Å². The van der Waals surface area contributed by atoms with Gasteiger partial charge in [-0.15, -0.1) is 0 Å². The molecule has 0 fully saturated rings. The molecule has 27 heavy (non-hydrogen) atoms. The number of anilines is 1. The summed E-state index contributed by atoms with van der Waals surface area (Å²) >= 11 is 0. The second-order valence-corrected chi connectivity index (χ2v) is 6.12. The molecule has 2 N–H and O–H groups in total. The highest BCUT2D eigenvalue weighted by Crippen LogP contribution is 2.31. The van der Waals surface area contributed by atoms with Crippen molar-refractivity contribution < 1.29 is 28.2 Å². The van der Waals surface area contributed by atoms with Gasteiger partial charge in [0.15, 0.2) is 0 Å². The number of halogens is 2. The number of hydrogen-bond acceptors (Lipinski definition) is 3. The fourth-order valence-electron chi connectivity index (χ4n) is 3.08. The summed E-state index contributed by atoms with van der Waals surface area (Å²) < 4.78 is 34.0. The molecule has 7 heteroatoms. The number of carboxylic acid groups (broad SMARTS) is 1. The SMILES string of the molecule is COc1cccc(-c2cc(F)c(NC(=O)C3=C(C(=O)O)CCC3)c(F)c2)c1. The lowest BCUT2D eigenvalue weighted by molar-refractivity contribution is -0.133. The number of aliphatic carboxylic acids is 1. The van der Waals surface area contributed by atoms with Gasteiger partial charge in [-0.05, 0) is 54.7 Å². The summed E-state index contributed by atoms with van der Waals surface area (Å²) in [5.41, 5.74) is 0.278. The maximum Gasteiger partial charge on any atom is 0.332 e. The van der Waals surface area contributed by atoms with Crippen LogP contribution in [0, 0.1) is 11.6 Å². The van der Waals surface area contributed by atoms with E-state index in [1.807, 2.05) is 0 Å². The molecule has 2 aromatic carbocycles. The van der Waals surface area contributed by atoms with Crippen LogP contribution in [-0.4, -0.2) is 24.1 Å². The highest BCUT2D eigenvalue weighted by atomic mass is 19.1. The van der Waals surface area contributed by atoms with Gasteiger partial charge in [0.25, 0.3) is 5.91 Å². The van der Waals surface area contributed by atoms with Crippen molar-refractivity contribution in [2.45, 2.75) is 19.3 Å². The Morgan fingerprint density at radius 2 is 1.70 bits per heavy atom. The zero-order valence-corrected chi connectivity index (χ0v) is 14.5. The average molecular weight is 373 g/mol. The van der Waals surface area contributed by atoms with Crippen LogP contribution in [0.15, 0.2) is 47.5 Å². The van der Waals surface area contributed by atoms with E-state index in [1.165, 1.54) is 7.11 Å². The Balaban J connectivity index is 1.90. The number of rotatable bonds is 5. The second kappa shape index (κ2) is 7.57. The third-order valence-electron chi connectivity index (χ3n) is 4.43. The quantitative estimate of drug-likeness (QED) is 0.826. The molecule has 0 heterocycles. The van der Waals surface area contributed by atoms with Gasteiger partial charge in [0, 0.05) is 11.1 Å². The van der Waals surface area contributed by atoms with E-state index in [-0.39, 0.29) is 29.6 Å². The number of carbonyl (C=O) groups excluding carboxylic acids is 1. The normalized spacial score (nSPS) is 13.6. The van der Waals surface area contributed by atoms with Crippen LogP contribution in [0.2, 0.25) is 0 Å². The number of benzene rings is 2. The summed E-state index contributed by atoms with van der Waals surface area (Å²) in [4.78, 5) is 23.5. The first-order chi connectivity index (χ1) is 12.9. The molecule has 140 valence electrons. The molecule has 0 saturated heterocycles. The van der Waals surface area contributed by atoms with Crippen molar-refractivity contribution in [3.05, 3.63) is 59.2 Å². The Kier molecular flexibility index (Phi) is 5.21. The maximum atomic E-state index is 14.5. The van der Waals surface area contributed by atoms with E-state index < -0.39 is 29.2 Å². The van der Waals surface area contributed by atoms with Gasteiger partial charge >= 0.3 is 5.97 Å². The fourth-order valence-corrected chi connectivity index (χ4v) is 3.08. The first-order valence-corrected chi connectivity index (χ1v) is 8.31. The molecule has 0 aromatic heterocycles. The molecule has 0 bridgehead atoms. The van der Waals surface area contributed by atoms with Crippen LogP contribution < -0.4 is 10.1 Å². The fraction of sp³-hybridized carbons (Fsp3) is 0.200. The summed E-state index contributed by atoms with van der Waals surface area (Å²) in [7, 11) is 1.49. The molecular formula is C20H17F2NO4. The van der Waals surface area contributed by atoms with Gasteiger partial charge in [-0.2, -0.15) is 0 Å². The van der Waals surface area contributed by atoms with Crippen molar-refractivity contribution in [3.63, 3.8) is 0 Å². The molecule has 0 aliphatic heterocycles. The summed E-state index contributed by atoms with van der Waals surface area (Å²) in [5.74, 6) is -3.34. The van der Waals surface area contributed by atoms with Crippen LogP contribution in [0.3, 0.4) is 0 Å². The molecule has 0 spiro atoms. The number of methoxy groups -OCH3 is 1. The van der Waals surface area contributed by atoms with Gasteiger partial charge in [-0.3, -0.25) is 4.79 Å². The highest BCUT2D eigenvalue weighted by Gasteiger charge is 2.26. The van der Waals surface area contributed by atoms with E-state index in [4.69, 9.17) is 9.84 Å². The first kappa shape index (κ1) is 18.6. The monoisotopic (exact) mass is 373 g/mol. The minimum absolute atomic E-state index is 0.0127. The van der Waals surface area contributed by atoms with Gasteiger partial charge < -0.3 is 15.2 Å². The molecule has 0 unspecified atom stereocenters. The average Bonchev–Trinajstić information content (AvgIpc) is 3.14. The van der Waals surface area contributed by atoms with E-state index in [0.717, 1.165) is 12.1 Å². The number of hydrogen-bond donors (Lipinski definition) is 2. The summed E-state index contributed by atoms with van der Waals surface area (Å²) in [6.45, 7) is 0. The smallest absolute Gasteiger partial charge is 0.332 e. The molecule has 0 radical (unpaired) electrons. The topological polar surface area (TPSA) is 75.6 Å². The zero-order valence-electron chi connectivity index (χ0n) is 14.5. The van der Waals surface area contributed by atoms with Crippen LogP contribution in [0.25, 0.3) is 11.1 Å². The predicted octanol–water partition coefficient (Wildman–Crippen LogP) is 4.14. The third-order valence-corrected chi connectivity index (χ3v) is 4.43. The molecule has 0 saturated carbocycles. The molecule has 3 rings (SSSR count). The Morgan fingerprint density at radius 3 is 2.33 bits per heavy atom. The van der Waals surface area contributed by atoms with Crippen molar-refractivity contribution >= 4 is 17.6 Å². The molecule has 1 aliphatic rings. The summed E-state index contributed by atoms with van der Waals surface area (Å²) in [5, 5.41) is 11.3. The highest BCUT2D eigenvalue weighted by molar-refractivity contribution is 6.09. The maximum absolute atomic E-state index is 14.5. The van der Waals surface area contributed by atoms with Crippen molar-refractivity contribution in [1.29, 1.82) is 0 Å². The largest absolute Gasteiger partial charge is 0.497 e. The van der Waals surface area contributed by atoms with Crippen LogP contribution in [0.1, 0.15) is 19.3 Å². The van der Waals surface area contributed by atoms with Crippen LogP contribution in [0.4, 0.5) is 14.5 Å². The van der Waals surface area contributed by atoms with E-state index in [2.05, 4.69) is 5.32 Å². The van der Waals surface area contributed by atoms with Crippen molar-refractivity contribution in [3.8, 4) is 16.9 Å². The number of nitrogens with one attached hydrogen (secondary N) is 1. The van der Waals surface area contributed by atoms with Crippen molar-refractivity contribution in [2.24, 2.45) is 0 Å². The third kappa shape index (κ3) is 3.81. The van der Waals surface area contributed by atoms with E-state index in [1.54, 1.807) is 24.3 Å². The van der Waals surface area contributed by atoms with Gasteiger partial charge in [0.2, 0.25) is 0 Å². The van der Waals surface area contributed by atoms with E-state index >= 15 is 0 Å². The zero-order chi connectivity index (χ0) is 19.6. The minimum Gasteiger partial charge on any atom is -0.497 e. The molecule has 1 amide bonds. The van der Waals surface area contributed by atoms with Crippen LogP contribution in [0.5, 0.6) is 5.75 Å². The molecular weight excluding hydrogens is 356 g/mol. The van der Waals surface area contributed by atoms with E-state index in [0.29, 0.717) is 17.7 Å². The van der Waals surface area contributed by atoms with Gasteiger partial charge in [0.05, 0.1) is 7.11 Å². The molecule has 5 nitrogen and oxygen atoms in total. The Bertz CT molecular complexity index is 930. The number of carbonyl (C=O) groups is 2. The van der Waals surface area contributed by atoms with Crippen molar-refractivity contribution in [2.75, 3.05) is 12.4 Å². The number of ether oxygens (including phenoxy) is 1. The standard InChI is InChI=1S/C20H17F2NO4/c1-27-13-5-2-4-11(8-13)12-9-16(21)18(17(22)10-12)23-19(24)14-6-3-7-15(14)20(25)26/h2,4-5,8-10H,3,6-7H2,1H3,(H,23,24)(H,25,26). The summed E-state index contributed by atoms with van der Waals surface area (Å²) in [6, 6.07) is 8.93. The van der Waals surface area contributed by atoms with Gasteiger partial charge in [0.1, 0.15) is 23.1 Å². The van der Waals surface area contributed by atoms with Crippen LogP contribution >= 0.6 is 0 Å². The van der Waals surface area contributed by atoms with E-state index in [9.17, 15) is 18.4 Å². The molecule has 2 aromatic rings. The Hall–Kier alpha value is -3.22. The van der Waals surface area contributed by atoms with Gasteiger partial charge in [-0.25, -0.2) is 13.6 Å².